The zero-order valence-electron chi connectivity index (χ0n) is 9.78. The summed E-state index contributed by atoms with van der Waals surface area (Å²) in [5.74, 6) is 0.906. The Kier molecular flexibility index (Phi) is 2.08. The lowest BCUT2D eigenvalue weighted by Crippen LogP contribution is -2.01. The highest BCUT2D eigenvalue weighted by Crippen LogP contribution is 2.29. The standard InChI is InChI=1S/C14H13NO2/c1-8(2)14-13-10(7-12(16)17-14)9-5-3-4-6-11(9)15-13/h3-8,15H,1-2H3. The van der Waals surface area contributed by atoms with Gasteiger partial charge in [0.15, 0.2) is 0 Å². The van der Waals surface area contributed by atoms with Crippen LogP contribution in [0.5, 0.6) is 0 Å². The van der Waals surface area contributed by atoms with Crippen LogP contribution in [0.1, 0.15) is 25.5 Å². The second-order valence-corrected chi connectivity index (χ2v) is 4.54. The maximum Gasteiger partial charge on any atom is 0.336 e. The van der Waals surface area contributed by atoms with E-state index in [0.29, 0.717) is 0 Å². The van der Waals surface area contributed by atoms with Gasteiger partial charge in [0.2, 0.25) is 0 Å². The average molecular weight is 227 g/mol. The zero-order valence-corrected chi connectivity index (χ0v) is 9.78. The maximum atomic E-state index is 11.6. The van der Waals surface area contributed by atoms with Gasteiger partial charge in [-0.3, -0.25) is 0 Å². The van der Waals surface area contributed by atoms with Gasteiger partial charge < -0.3 is 9.40 Å². The molecule has 0 aliphatic rings. The van der Waals surface area contributed by atoms with Crippen LogP contribution in [-0.4, -0.2) is 4.98 Å². The minimum atomic E-state index is -0.286. The number of nitrogens with one attached hydrogen (secondary N) is 1. The molecular formula is C14H13NO2. The fourth-order valence-corrected chi connectivity index (χ4v) is 2.22. The number of benzene rings is 1. The summed E-state index contributed by atoms with van der Waals surface area (Å²) < 4.78 is 5.29. The zero-order chi connectivity index (χ0) is 12.0. The molecular weight excluding hydrogens is 214 g/mol. The van der Waals surface area contributed by atoms with Crippen molar-refractivity contribution in [2.45, 2.75) is 19.8 Å². The smallest absolute Gasteiger partial charge is 0.336 e. The number of hydrogen-bond donors (Lipinski definition) is 1. The molecule has 0 aliphatic carbocycles. The van der Waals surface area contributed by atoms with Crippen molar-refractivity contribution in [1.29, 1.82) is 0 Å². The van der Waals surface area contributed by atoms with E-state index in [1.54, 1.807) is 6.07 Å². The van der Waals surface area contributed by atoms with Crippen LogP contribution in [0.3, 0.4) is 0 Å². The van der Waals surface area contributed by atoms with Crippen LogP contribution < -0.4 is 5.63 Å². The quantitative estimate of drug-likeness (QED) is 0.692. The van der Waals surface area contributed by atoms with Crippen molar-refractivity contribution >= 4 is 21.8 Å². The Labute approximate surface area is 98.1 Å². The van der Waals surface area contributed by atoms with Crippen molar-refractivity contribution in [3.8, 4) is 0 Å². The monoisotopic (exact) mass is 227 g/mol. The second kappa shape index (κ2) is 3.48. The Morgan fingerprint density at radius 2 is 1.94 bits per heavy atom. The number of H-pyrrole nitrogens is 1. The lowest BCUT2D eigenvalue weighted by atomic mass is 10.1. The normalized spacial score (nSPS) is 11.7. The van der Waals surface area contributed by atoms with Crippen molar-refractivity contribution in [2.24, 2.45) is 0 Å². The molecule has 2 heterocycles. The third-order valence-electron chi connectivity index (χ3n) is 2.99. The lowest BCUT2D eigenvalue weighted by Gasteiger charge is -2.03. The van der Waals surface area contributed by atoms with Crippen LogP contribution in [-0.2, 0) is 0 Å². The molecule has 3 aromatic rings. The maximum absolute atomic E-state index is 11.6. The number of para-hydroxylation sites is 1. The summed E-state index contributed by atoms with van der Waals surface area (Å²) in [6.45, 7) is 4.03. The summed E-state index contributed by atoms with van der Waals surface area (Å²) in [6.07, 6.45) is 0. The number of hydrogen-bond acceptors (Lipinski definition) is 2. The summed E-state index contributed by atoms with van der Waals surface area (Å²) in [5, 5.41) is 2.01. The van der Waals surface area contributed by atoms with Gasteiger partial charge in [-0.05, 0) is 6.07 Å². The van der Waals surface area contributed by atoms with Gasteiger partial charge in [-0.1, -0.05) is 32.0 Å². The minimum absolute atomic E-state index is 0.180. The Morgan fingerprint density at radius 3 is 2.71 bits per heavy atom. The summed E-state index contributed by atoms with van der Waals surface area (Å²) in [4.78, 5) is 14.9. The van der Waals surface area contributed by atoms with Crippen LogP contribution in [0.25, 0.3) is 21.8 Å². The van der Waals surface area contributed by atoms with Crippen LogP contribution in [0, 0.1) is 0 Å². The predicted octanol–water partition coefficient (Wildman–Crippen LogP) is 3.40. The minimum Gasteiger partial charge on any atom is -0.425 e. The third-order valence-corrected chi connectivity index (χ3v) is 2.99. The Bertz CT molecular complexity index is 750. The van der Waals surface area contributed by atoms with E-state index in [-0.39, 0.29) is 11.5 Å². The highest BCUT2D eigenvalue weighted by atomic mass is 16.4. The van der Waals surface area contributed by atoms with E-state index in [2.05, 4.69) is 4.98 Å². The van der Waals surface area contributed by atoms with Gasteiger partial charge in [0, 0.05) is 28.3 Å². The van der Waals surface area contributed by atoms with E-state index in [1.807, 2.05) is 38.1 Å². The van der Waals surface area contributed by atoms with E-state index in [1.165, 1.54) is 0 Å². The van der Waals surface area contributed by atoms with Crippen LogP contribution in [0.2, 0.25) is 0 Å². The Hall–Kier alpha value is -2.03. The molecule has 1 aromatic carbocycles. The van der Waals surface area contributed by atoms with Crippen LogP contribution >= 0.6 is 0 Å². The van der Waals surface area contributed by atoms with E-state index >= 15 is 0 Å². The molecule has 3 nitrogen and oxygen atoms in total. The molecule has 17 heavy (non-hydrogen) atoms. The van der Waals surface area contributed by atoms with E-state index in [0.717, 1.165) is 27.6 Å². The van der Waals surface area contributed by atoms with Gasteiger partial charge in [0.05, 0.1) is 5.52 Å². The molecule has 0 radical (unpaired) electrons. The molecule has 0 atom stereocenters. The topological polar surface area (TPSA) is 46.0 Å². The molecule has 3 heteroatoms. The molecule has 0 aliphatic heterocycles. The average Bonchev–Trinajstić information content (AvgIpc) is 2.66. The first-order valence-electron chi connectivity index (χ1n) is 5.71. The van der Waals surface area contributed by atoms with E-state index in [4.69, 9.17) is 4.42 Å². The van der Waals surface area contributed by atoms with Gasteiger partial charge in [-0.25, -0.2) is 4.79 Å². The second-order valence-electron chi connectivity index (χ2n) is 4.54. The summed E-state index contributed by atoms with van der Waals surface area (Å²) in [6, 6.07) is 9.52. The first kappa shape index (κ1) is 10.1. The molecule has 2 aromatic heterocycles. The molecule has 1 N–H and O–H groups in total. The summed E-state index contributed by atoms with van der Waals surface area (Å²) in [7, 11) is 0. The highest BCUT2D eigenvalue weighted by molar-refractivity contribution is 6.07. The SMILES string of the molecule is CC(C)c1oc(=O)cc2c1[nH]c1ccccc12. The van der Waals surface area contributed by atoms with Crippen LogP contribution in [0.4, 0.5) is 0 Å². The number of fused-ring (bicyclic) bond motifs is 3. The van der Waals surface area contributed by atoms with Gasteiger partial charge >= 0.3 is 5.63 Å². The van der Waals surface area contributed by atoms with Gasteiger partial charge in [0.25, 0.3) is 0 Å². The fraction of sp³-hybridized carbons (Fsp3) is 0.214. The molecule has 0 fully saturated rings. The van der Waals surface area contributed by atoms with Crippen molar-refractivity contribution in [2.75, 3.05) is 0 Å². The number of aromatic nitrogens is 1. The molecule has 0 saturated carbocycles. The van der Waals surface area contributed by atoms with Gasteiger partial charge in [-0.15, -0.1) is 0 Å². The lowest BCUT2D eigenvalue weighted by molar-refractivity contribution is 0.448. The largest absolute Gasteiger partial charge is 0.425 e. The van der Waals surface area contributed by atoms with E-state index < -0.39 is 0 Å². The molecule has 86 valence electrons. The number of rotatable bonds is 1. The molecule has 0 saturated heterocycles. The Balaban J connectivity index is 2.56. The van der Waals surface area contributed by atoms with E-state index in [9.17, 15) is 4.79 Å². The van der Waals surface area contributed by atoms with Crippen molar-refractivity contribution in [3.05, 3.63) is 46.5 Å². The first-order chi connectivity index (χ1) is 8.16. The van der Waals surface area contributed by atoms with Crippen molar-refractivity contribution in [1.82, 2.24) is 4.98 Å². The third kappa shape index (κ3) is 1.46. The first-order valence-corrected chi connectivity index (χ1v) is 5.71. The Morgan fingerprint density at radius 1 is 1.18 bits per heavy atom. The van der Waals surface area contributed by atoms with Crippen molar-refractivity contribution in [3.63, 3.8) is 0 Å². The highest BCUT2D eigenvalue weighted by Gasteiger charge is 2.13. The van der Waals surface area contributed by atoms with Crippen molar-refractivity contribution < 1.29 is 4.42 Å². The molecule has 0 unspecified atom stereocenters. The number of aromatic amines is 1. The van der Waals surface area contributed by atoms with Crippen LogP contribution in [0.15, 0.2) is 39.5 Å². The molecule has 0 bridgehead atoms. The molecule has 0 spiro atoms. The summed E-state index contributed by atoms with van der Waals surface area (Å²) in [5.41, 5.74) is 1.68. The van der Waals surface area contributed by atoms with Gasteiger partial charge in [0.1, 0.15) is 5.76 Å². The molecule has 3 rings (SSSR count). The van der Waals surface area contributed by atoms with Gasteiger partial charge in [-0.2, -0.15) is 0 Å². The summed E-state index contributed by atoms with van der Waals surface area (Å²) >= 11 is 0. The predicted molar refractivity (Wildman–Crippen MR) is 68.4 cm³/mol. The molecule has 0 amide bonds. The fourth-order valence-electron chi connectivity index (χ4n) is 2.22.